The fraction of sp³-hybridized carbons (Fsp3) is 0.652. The average Bonchev–Trinajstić information content (AvgIpc) is 1.18. The van der Waals surface area contributed by atoms with Gasteiger partial charge in [0, 0.05) is 49.7 Å². The van der Waals surface area contributed by atoms with Crippen LogP contribution in [0, 0.1) is 11.8 Å². The van der Waals surface area contributed by atoms with Crippen molar-refractivity contribution in [2.24, 2.45) is 34.8 Å². The van der Waals surface area contributed by atoms with Crippen LogP contribution in [0.4, 0.5) is 0 Å². The van der Waals surface area contributed by atoms with Gasteiger partial charge in [-0.1, -0.05) is 34.1 Å². The van der Waals surface area contributed by atoms with Gasteiger partial charge >= 0.3 is 29.8 Å². The molecule has 117 heavy (non-hydrogen) atoms. The third-order valence-electron chi connectivity index (χ3n) is 17.5. The number of thiol groups is 1. The number of hydrogen-bond donors (Lipinski definition) is 25. The first kappa shape index (κ1) is 104. The van der Waals surface area contributed by atoms with Crippen LogP contribution >= 0.6 is 24.4 Å². The van der Waals surface area contributed by atoms with Gasteiger partial charge in [0.1, 0.15) is 84.6 Å². The molecule has 0 radical (unpaired) electrons. The zero-order valence-corrected chi connectivity index (χ0v) is 67.7. The molecule has 0 unspecified atom stereocenters. The van der Waals surface area contributed by atoms with Gasteiger partial charge in [-0.05, 0) is 109 Å². The Balaban J connectivity index is 3.67. The zero-order chi connectivity index (χ0) is 89.1. The number of hydrogen-bond acceptors (Lipinski definition) is 26. The van der Waals surface area contributed by atoms with Crippen LogP contribution in [0.3, 0.4) is 0 Å². The predicted octanol–water partition coefficient (Wildman–Crippen LogP) is -7.67. The van der Waals surface area contributed by atoms with Crippen LogP contribution in [0.25, 0.3) is 0 Å². The van der Waals surface area contributed by atoms with Crippen LogP contribution in [-0.4, -0.2) is 275 Å². The minimum Gasteiger partial charge on any atom is -0.481 e. The molecule has 656 valence electrons. The van der Waals surface area contributed by atoms with Crippen LogP contribution in [-0.2, 0) is 107 Å². The molecule has 1 aromatic heterocycles. The largest absolute Gasteiger partial charge is 0.481 e. The molecule has 1 rings (SSSR count). The Morgan fingerprint density at radius 1 is 0.427 bits per heavy atom. The number of carbonyl (C=O) groups is 21. The molecule has 0 aliphatic rings. The Morgan fingerprint density at radius 2 is 0.786 bits per heavy atom. The summed E-state index contributed by atoms with van der Waals surface area (Å²) in [6.45, 7) is 10.2. The van der Waals surface area contributed by atoms with Crippen molar-refractivity contribution >= 4 is 149 Å². The first-order chi connectivity index (χ1) is 54.8. The van der Waals surface area contributed by atoms with Gasteiger partial charge in [-0.3, -0.25) is 95.9 Å². The molecular weight excluding hydrogens is 1590 g/mol. The molecule has 0 bridgehead atoms. The first-order valence-corrected chi connectivity index (χ1v) is 39.3. The number of nitrogens with one attached hydrogen (secondary N) is 15. The number of aromatic amines is 1. The van der Waals surface area contributed by atoms with E-state index in [9.17, 15) is 121 Å². The fourth-order valence-electron chi connectivity index (χ4n) is 10.7. The van der Waals surface area contributed by atoms with Crippen molar-refractivity contribution in [1.29, 1.82) is 0 Å². The van der Waals surface area contributed by atoms with E-state index in [0.717, 1.165) is 6.92 Å². The minimum absolute atomic E-state index is 0.0935. The van der Waals surface area contributed by atoms with E-state index in [-0.39, 0.29) is 68.9 Å². The van der Waals surface area contributed by atoms with E-state index < -0.39 is 285 Å². The van der Waals surface area contributed by atoms with Gasteiger partial charge in [0.15, 0.2) is 0 Å². The van der Waals surface area contributed by atoms with E-state index >= 15 is 0 Å². The fourth-order valence-corrected chi connectivity index (χ4v) is 11.4. The lowest BCUT2D eigenvalue weighted by Gasteiger charge is -2.30. The van der Waals surface area contributed by atoms with Crippen molar-refractivity contribution in [3.8, 4) is 0 Å². The maximum absolute atomic E-state index is 14.6. The number of aromatic nitrogens is 2. The van der Waals surface area contributed by atoms with E-state index in [2.05, 4.69) is 86.4 Å². The molecule has 1 aromatic rings. The molecule has 0 aliphatic heterocycles. The quantitative estimate of drug-likeness (QED) is 0.0213. The summed E-state index contributed by atoms with van der Waals surface area (Å²) >= 11 is 5.33. The van der Waals surface area contributed by atoms with Crippen LogP contribution < -0.4 is 97.4 Å². The van der Waals surface area contributed by atoms with Gasteiger partial charge in [-0.25, -0.2) is 9.78 Å². The predicted molar refractivity (Wildman–Crippen MR) is 416 cm³/mol. The van der Waals surface area contributed by atoms with E-state index in [1.807, 2.05) is 10.6 Å². The van der Waals surface area contributed by atoms with E-state index in [0.29, 0.717) is 5.69 Å². The highest BCUT2D eigenvalue weighted by Gasteiger charge is 2.39. The topological polar surface area (TPSA) is 761 Å². The molecule has 16 amide bonds. The monoisotopic (exact) mass is 1700 g/mol. The molecule has 28 N–H and O–H groups in total. The molecule has 1 heterocycles. The highest BCUT2D eigenvalue weighted by atomic mass is 32.2. The number of nitrogens with two attached hydrogens (primary N) is 4. The van der Waals surface area contributed by atoms with E-state index in [4.69, 9.17) is 28.0 Å². The summed E-state index contributed by atoms with van der Waals surface area (Å²) in [6, 6.07) is -24.5. The van der Waals surface area contributed by atoms with Crippen LogP contribution in [0.5, 0.6) is 0 Å². The van der Waals surface area contributed by atoms with Gasteiger partial charge in [0.25, 0.3) is 0 Å². The smallest absolute Gasteiger partial charge is 0.326 e. The summed E-state index contributed by atoms with van der Waals surface area (Å²) in [5.41, 5.74) is 22.6. The lowest BCUT2D eigenvalue weighted by atomic mass is 9.96. The minimum atomic E-state index is -2.12. The Morgan fingerprint density at radius 3 is 1.18 bits per heavy atom. The standard InChI is InChI=1S/C69H112N20O26S2/c1-9-32(4)54(68(113)83-38(13-17-48(72)90)58(103)76-35(7)57(102)85-45(26-52(96)97)66(111)80-41(16-20-51(94)95)61(106)87-46(69(114)115)27-53(98)99)89-63(108)37(12-10-11-22-70)78-60(105)39(14-18-49(73)91)79-62(107)42(21-23-117-8)82-64(109)43(24-31(2)3)86-65(110)44(25-36-28-74-30-75-36)84-56(101)34(6)77-59(104)40(15-19-50(92)93)81-67(112)47(29-116)88-55(100)33(5)71/h28,30-35,37-47,54,116H,9-27,29,70-71H2,1-8H3,(H2,72,90)(H2,73,91)(H,74,75)(H,76,103)(H,77,104)(H,78,105)(H,79,107)(H,80,111)(H,81,112)(H,82,109)(H,83,113)(H,84,101)(H,85,102)(H,86,110)(H,87,106)(H,88,100)(H,89,108)(H,92,93)(H,94,95)(H,96,97)(H,98,99)(H,114,115)/t32-,33-,34-,35-,37-,38-,39-,40-,41-,42-,43-,44-,45-,46-,47-,54-/m0/s1. The van der Waals surface area contributed by atoms with Crippen molar-refractivity contribution in [2.45, 2.75) is 248 Å². The second-order valence-corrected chi connectivity index (χ2v) is 29.2. The number of amides is 16. The summed E-state index contributed by atoms with van der Waals surface area (Å²) in [7, 11) is 0. The summed E-state index contributed by atoms with van der Waals surface area (Å²) < 4.78 is 0. The molecule has 0 aromatic carbocycles. The maximum Gasteiger partial charge on any atom is 0.326 e. The number of aliphatic carboxylic acids is 5. The Kier molecular flexibility index (Phi) is 47.7. The number of rotatable bonds is 59. The zero-order valence-electron chi connectivity index (χ0n) is 66.0. The van der Waals surface area contributed by atoms with Crippen LogP contribution in [0.1, 0.15) is 157 Å². The lowest BCUT2D eigenvalue weighted by Crippen LogP contribution is -2.61. The lowest BCUT2D eigenvalue weighted by molar-refractivity contribution is -0.147. The Hall–Kier alpha value is -11.3. The van der Waals surface area contributed by atoms with Crippen LogP contribution in [0.2, 0.25) is 0 Å². The summed E-state index contributed by atoms with van der Waals surface area (Å²) in [5, 5.41) is 80.0. The summed E-state index contributed by atoms with van der Waals surface area (Å²) in [5.74, 6) is -26.5. The normalized spacial score (nSPS) is 15.1. The number of primary amides is 2. The molecule has 0 saturated heterocycles. The van der Waals surface area contributed by atoms with Crippen molar-refractivity contribution in [3.63, 3.8) is 0 Å². The SMILES string of the molecule is CC[C@H](C)[C@H](NC(=O)[C@H](CCCCN)NC(=O)[C@H](CCC(N)=O)NC(=O)[C@H](CCSC)NC(=O)[C@H](CC(C)C)NC(=O)[C@H](Cc1cnc[nH]1)NC(=O)[C@H](C)NC(=O)[C@H](CCC(=O)O)NC(=O)[C@H](CS)NC(=O)[C@H](C)N)C(=O)N[C@@H](CCC(N)=O)C(=O)N[C@@H](C)C(=O)N[C@@H](CC(=O)O)C(=O)N[C@@H](CCC(=O)O)C(=O)N[C@@H](CC(=O)O)C(=O)O. The highest BCUT2D eigenvalue weighted by molar-refractivity contribution is 7.98. The number of thioether (sulfide) groups is 1. The number of carboxylic acids is 5. The van der Waals surface area contributed by atoms with E-state index in [1.54, 1.807) is 27.0 Å². The first-order valence-electron chi connectivity index (χ1n) is 37.2. The highest BCUT2D eigenvalue weighted by Crippen LogP contribution is 2.16. The second kappa shape index (κ2) is 53.8. The molecule has 46 nitrogen and oxygen atoms in total. The van der Waals surface area contributed by atoms with Crippen LogP contribution in [0.15, 0.2) is 12.5 Å². The molecule has 0 aliphatic carbocycles. The van der Waals surface area contributed by atoms with E-state index in [1.165, 1.54) is 45.1 Å². The number of carbonyl (C=O) groups excluding carboxylic acids is 16. The number of unbranched alkanes of at least 4 members (excludes halogenated alkanes) is 1. The van der Waals surface area contributed by atoms with Crippen molar-refractivity contribution in [1.82, 2.24) is 84.4 Å². The Labute approximate surface area is 682 Å². The summed E-state index contributed by atoms with van der Waals surface area (Å²) in [4.78, 5) is 284. The van der Waals surface area contributed by atoms with Crippen molar-refractivity contribution in [3.05, 3.63) is 18.2 Å². The second-order valence-electron chi connectivity index (χ2n) is 27.9. The van der Waals surface area contributed by atoms with Gasteiger partial charge in [0.2, 0.25) is 94.5 Å². The molecule has 48 heteroatoms. The number of imidazole rings is 1. The molecule has 0 fully saturated rings. The third kappa shape index (κ3) is 40.7. The van der Waals surface area contributed by atoms with Gasteiger partial charge < -0.3 is 128 Å². The number of nitrogens with zero attached hydrogens (tertiary/aromatic N) is 1. The number of carboxylic acid groups (broad SMARTS) is 5. The molecule has 16 atom stereocenters. The van der Waals surface area contributed by atoms with Gasteiger partial charge in [0.05, 0.1) is 25.2 Å². The maximum atomic E-state index is 14.6. The van der Waals surface area contributed by atoms with Crippen molar-refractivity contribution < 1.29 is 126 Å². The summed E-state index contributed by atoms with van der Waals surface area (Å²) in [6.07, 6.45) is -3.19. The van der Waals surface area contributed by atoms with Gasteiger partial charge in [-0.15, -0.1) is 0 Å². The molecular formula is C69H112N20O26S2. The Bertz CT molecular complexity index is 3630. The number of H-pyrrole nitrogens is 1. The molecule has 0 spiro atoms. The molecule has 0 saturated carbocycles. The average molecular weight is 1700 g/mol. The van der Waals surface area contributed by atoms with Gasteiger partial charge in [-0.2, -0.15) is 24.4 Å². The third-order valence-corrected chi connectivity index (χ3v) is 18.5. The van der Waals surface area contributed by atoms with Crippen molar-refractivity contribution in [2.75, 3.05) is 24.3 Å².